The first-order valence-corrected chi connectivity index (χ1v) is 7.12. The van der Waals surface area contributed by atoms with Gasteiger partial charge in [-0.15, -0.1) is 0 Å². The minimum atomic E-state index is -0.857. The topological polar surface area (TPSA) is 50.1 Å². The standard InChI is InChI=1S/C13H15NO2S/c14-9-11-2-1-3-12(8-11)10-17(15)13-4-6-16-7-5-13/h1-3,8,13H,4-7,10H2. The highest BCUT2D eigenvalue weighted by atomic mass is 32.2. The van der Waals surface area contributed by atoms with E-state index in [1.165, 1.54) is 0 Å². The molecule has 3 nitrogen and oxygen atoms in total. The third-order valence-corrected chi connectivity index (χ3v) is 4.74. The second kappa shape index (κ2) is 5.95. The van der Waals surface area contributed by atoms with Crippen molar-refractivity contribution in [1.29, 1.82) is 5.26 Å². The van der Waals surface area contributed by atoms with Gasteiger partial charge in [0, 0.05) is 35.0 Å². The molecule has 4 heteroatoms. The molecular formula is C13H15NO2S. The summed E-state index contributed by atoms with van der Waals surface area (Å²) >= 11 is 0. The van der Waals surface area contributed by atoms with Crippen molar-refractivity contribution in [2.45, 2.75) is 23.8 Å². The summed E-state index contributed by atoms with van der Waals surface area (Å²) in [6.45, 7) is 1.43. The average Bonchev–Trinajstić information content (AvgIpc) is 2.40. The van der Waals surface area contributed by atoms with Crippen molar-refractivity contribution in [3.05, 3.63) is 35.4 Å². The van der Waals surface area contributed by atoms with Gasteiger partial charge in [0.25, 0.3) is 0 Å². The van der Waals surface area contributed by atoms with E-state index in [1.807, 2.05) is 18.2 Å². The maximum Gasteiger partial charge on any atom is 0.0991 e. The van der Waals surface area contributed by atoms with E-state index < -0.39 is 10.8 Å². The molecule has 0 N–H and O–H groups in total. The zero-order valence-corrected chi connectivity index (χ0v) is 10.4. The van der Waals surface area contributed by atoms with Crippen LogP contribution in [0.2, 0.25) is 0 Å². The number of hydrogen-bond acceptors (Lipinski definition) is 3. The van der Waals surface area contributed by atoms with E-state index in [0.717, 1.165) is 18.4 Å². The van der Waals surface area contributed by atoms with Gasteiger partial charge in [-0.05, 0) is 30.5 Å². The van der Waals surface area contributed by atoms with Crippen LogP contribution in [0, 0.1) is 11.3 Å². The molecule has 0 spiro atoms. The van der Waals surface area contributed by atoms with E-state index in [4.69, 9.17) is 10.00 Å². The Balaban J connectivity index is 1.99. The number of hydrogen-bond donors (Lipinski definition) is 0. The highest BCUT2D eigenvalue weighted by Gasteiger charge is 2.20. The maximum absolute atomic E-state index is 12.1. The first-order chi connectivity index (χ1) is 8.29. The molecule has 0 amide bonds. The van der Waals surface area contributed by atoms with E-state index in [-0.39, 0.29) is 5.25 Å². The van der Waals surface area contributed by atoms with E-state index in [0.29, 0.717) is 24.5 Å². The van der Waals surface area contributed by atoms with Crippen LogP contribution in [-0.2, 0) is 21.3 Å². The van der Waals surface area contributed by atoms with Crippen LogP contribution in [-0.4, -0.2) is 22.7 Å². The summed E-state index contributed by atoms with van der Waals surface area (Å²) in [6, 6.07) is 9.45. The second-order valence-corrected chi connectivity index (χ2v) is 5.87. The molecule has 1 saturated heterocycles. The molecule has 1 unspecified atom stereocenters. The lowest BCUT2D eigenvalue weighted by molar-refractivity contribution is 0.0992. The fourth-order valence-corrected chi connectivity index (χ4v) is 3.41. The van der Waals surface area contributed by atoms with E-state index >= 15 is 0 Å². The number of nitrogens with zero attached hydrogens (tertiary/aromatic N) is 1. The monoisotopic (exact) mass is 249 g/mol. The quantitative estimate of drug-likeness (QED) is 0.823. The molecule has 2 rings (SSSR count). The third-order valence-electron chi connectivity index (χ3n) is 2.91. The Hall–Kier alpha value is -1.18. The van der Waals surface area contributed by atoms with Gasteiger partial charge in [0.2, 0.25) is 0 Å². The fourth-order valence-electron chi connectivity index (χ4n) is 1.95. The molecule has 1 aliphatic rings. The van der Waals surface area contributed by atoms with Crippen molar-refractivity contribution in [3.8, 4) is 6.07 Å². The zero-order valence-electron chi connectivity index (χ0n) is 9.59. The highest BCUT2D eigenvalue weighted by molar-refractivity contribution is 7.84. The molecule has 1 aliphatic heterocycles. The Morgan fingerprint density at radius 2 is 2.18 bits per heavy atom. The Morgan fingerprint density at radius 3 is 2.88 bits per heavy atom. The number of rotatable bonds is 3. The third kappa shape index (κ3) is 3.39. The van der Waals surface area contributed by atoms with Crippen LogP contribution < -0.4 is 0 Å². The normalized spacial score (nSPS) is 18.5. The van der Waals surface area contributed by atoms with Gasteiger partial charge < -0.3 is 4.74 Å². The predicted molar refractivity (Wildman–Crippen MR) is 66.8 cm³/mol. The molecule has 0 bridgehead atoms. The molecule has 0 aliphatic carbocycles. The zero-order chi connectivity index (χ0) is 12.1. The van der Waals surface area contributed by atoms with Gasteiger partial charge in [0.05, 0.1) is 11.6 Å². The van der Waals surface area contributed by atoms with Crippen molar-refractivity contribution in [1.82, 2.24) is 0 Å². The van der Waals surface area contributed by atoms with Gasteiger partial charge in [-0.2, -0.15) is 5.26 Å². The fraction of sp³-hybridized carbons (Fsp3) is 0.462. The van der Waals surface area contributed by atoms with Crippen LogP contribution in [0.5, 0.6) is 0 Å². The van der Waals surface area contributed by atoms with Crippen LogP contribution in [0.15, 0.2) is 24.3 Å². The van der Waals surface area contributed by atoms with Gasteiger partial charge in [0.1, 0.15) is 0 Å². The maximum atomic E-state index is 12.1. The minimum absolute atomic E-state index is 0.245. The highest BCUT2D eigenvalue weighted by Crippen LogP contribution is 2.17. The van der Waals surface area contributed by atoms with E-state index in [1.54, 1.807) is 6.07 Å². The van der Waals surface area contributed by atoms with E-state index in [9.17, 15) is 4.21 Å². The summed E-state index contributed by atoms with van der Waals surface area (Å²) in [5.41, 5.74) is 1.61. The molecule has 17 heavy (non-hydrogen) atoms. The van der Waals surface area contributed by atoms with Crippen LogP contribution in [0.1, 0.15) is 24.0 Å². The first kappa shape index (κ1) is 12.3. The number of ether oxygens (including phenoxy) is 1. The molecule has 90 valence electrons. The van der Waals surface area contributed by atoms with Crippen LogP contribution in [0.3, 0.4) is 0 Å². The van der Waals surface area contributed by atoms with Crippen molar-refractivity contribution in [3.63, 3.8) is 0 Å². The molecule has 1 aromatic carbocycles. The molecule has 1 heterocycles. The first-order valence-electron chi connectivity index (χ1n) is 5.73. The molecular weight excluding hydrogens is 234 g/mol. The van der Waals surface area contributed by atoms with Crippen LogP contribution in [0.4, 0.5) is 0 Å². The lowest BCUT2D eigenvalue weighted by atomic mass is 10.2. The van der Waals surface area contributed by atoms with Gasteiger partial charge in [0.15, 0.2) is 0 Å². The van der Waals surface area contributed by atoms with Gasteiger partial charge in [-0.25, -0.2) is 0 Å². The van der Waals surface area contributed by atoms with Gasteiger partial charge >= 0.3 is 0 Å². The molecule has 1 atom stereocenters. The largest absolute Gasteiger partial charge is 0.381 e. The summed E-state index contributed by atoms with van der Waals surface area (Å²) in [5.74, 6) is 0.542. The summed E-state index contributed by atoms with van der Waals surface area (Å²) in [6.07, 6.45) is 1.76. The number of nitriles is 1. The Kier molecular flexibility index (Phi) is 4.29. The lowest BCUT2D eigenvalue weighted by Gasteiger charge is -2.21. The summed E-state index contributed by atoms with van der Waals surface area (Å²) in [5, 5.41) is 9.05. The number of benzene rings is 1. The molecule has 1 fully saturated rings. The molecule has 1 aromatic rings. The molecule has 0 saturated carbocycles. The summed E-state index contributed by atoms with van der Waals surface area (Å²) < 4.78 is 17.4. The SMILES string of the molecule is N#Cc1cccc(CS(=O)C2CCOCC2)c1. The lowest BCUT2D eigenvalue weighted by Crippen LogP contribution is -2.25. The van der Waals surface area contributed by atoms with Crippen molar-refractivity contribution >= 4 is 10.8 Å². The second-order valence-electron chi connectivity index (χ2n) is 4.15. The molecule has 0 radical (unpaired) electrons. The summed E-state index contributed by atoms with van der Waals surface area (Å²) in [7, 11) is -0.857. The Bertz CT molecular complexity index is 447. The Morgan fingerprint density at radius 1 is 1.41 bits per heavy atom. The van der Waals surface area contributed by atoms with Crippen LogP contribution >= 0.6 is 0 Å². The molecule has 0 aromatic heterocycles. The Labute approximate surface area is 104 Å². The van der Waals surface area contributed by atoms with Gasteiger partial charge in [-0.1, -0.05) is 12.1 Å². The van der Waals surface area contributed by atoms with E-state index in [2.05, 4.69) is 6.07 Å². The van der Waals surface area contributed by atoms with Crippen molar-refractivity contribution in [2.24, 2.45) is 0 Å². The van der Waals surface area contributed by atoms with Crippen molar-refractivity contribution in [2.75, 3.05) is 13.2 Å². The van der Waals surface area contributed by atoms with Crippen molar-refractivity contribution < 1.29 is 8.95 Å². The predicted octanol–water partition coefficient (Wildman–Crippen LogP) is 1.99. The smallest absolute Gasteiger partial charge is 0.0991 e. The average molecular weight is 249 g/mol. The minimum Gasteiger partial charge on any atom is -0.381 e. The summed E-state index contributed by atoms with van der Waals surface area (Å²) in [4.78, 5) is 0. The van der Waals surface area contributed by atoms with Crippen LogP contribution in [0.25, 0.3) is 0 Å². The van der Waals surface area contributed by atoms with Gasteiger partial charge in [-0.3, -0.25) is 4.21 Å².